The fourth-order valence-corrected chi connectivity index (χ4v) is 1.73. The third-order valence-corrected chi connectivity index (χ3v) is 2.55. The van der Waals surface area contributed by atoms with Gasteiger partial charge in [0.05, 0.1) is 16.9 Å². The summed E-state index contributed by atoms with van der Waals surface area (Å²) in [5, 5.41) is 4.15. The summed E-state index contributed by atoms with van der Waals surface area (Å²) in [6.07, 6.45) is 1.38. The molecule has 0 saturated heterocycles. The van der Waals surface area contributed by atoms with E-state index in [-0.39, 0.29) is 10.6 Å². The second-order valence-electron chi connectivity index (χ2n) is 3.29. The average molecular weight is 244 g/mol. The van der Waals surface area contributed by atoms with Gasteiger partial charge in [0.2, 0.25) is 0 Å². The highest BCUT2D eigenvalue weighted by Gasteiger charge is 2.17. The largest absolute Gasteiger partial charge is 0.394 e. The Morgan fingerprint density at radius 2 is 2.06 bits per heavy atom. The molecule has 0 amide bonds. The van der Waals surface area contributed by atoms with E-state index >= 15 is 0 Å². The molecular formula is C10H8ClF2N3. The smallest absolute Gasteiger partial charge is 0.158 e. The first kappa shape index (κ1) is 10.9. The lowest BCUT2D eigenvalue weighted by molar-refractivity contribution is 0.592. The maximum atomic E-state index is 13.7. The fraction of sp³-hybridized carbons (Fsp3) is 0.100. The Bertz CT molecular complexity index is 532. The normalized spacial score (nSPS) is 10.8. The highest BCUT2D eigenvalue weighted by molar-refractivity contribution is 6.33. The molecule has 84 valence electrons. The first-order valence-electron chi connectivity index (χ1n) is 4.43. The number of hydrogen-bond donors (Lipinski definition) is 1. The lowest BCUT2D eigenvalue weighted by Crippen LogP contribution is -2.01. The first-order chi connectivity index (χ1) is 7.52. The molecule has 2 aromatic rings. The molecule has 3 nitrogen and oxygen atoms in total. The average Bonchev–Trinajstić information content (AvgIpc) is 2.57. The van der Waals surface area contributed by atoms with Gasteiger partial charge in [-0.25, -0.2) is 8.78 Å². The van der Waals surface area contributed by atoms with Crippen molar-refractivity contribution in [1.29, 1.82) is 0 Å². The summed E-state index contributed by atoms with van der Waals surface area (Å²) < 4.78 is 28.1. The molecule has 0 aliphatic carbocycles. The zero-order valence-corrected chi connectivity index (χ0v) is 9.09. The van der Waals surface area contributed by atoms with Crippen molar-refractivity contribution in [2.45, 2.75) is 0 Å². The summed E-state index contributed by atoms with van der Waals surface area (Å²) in [5.74, 6) is -1.62. The number of benzene rings is 1. The maximum absolute atomic E-state index is 13.7. The van der Waals surface area contributed by atoms with Gasteiger partial charge in [0, 0.05) is 12.6 Å². The molecule has 2 N–H and O–H groups in total. The van der Waals surface area contributed by atoms with E-state index in [1.165, 1.54) is 16.9 Å². The number of anilines is 1. The number of halogens is 3. The molecule has 1 heterocycles. The minimum atomic E-state index is -0.828. The molecule has 0 spiro atoms. The van der Waals surface area contributed by atoms with Crippen LogP contribution in [0.1, 0.15) is 0 Å². The van der Waals surface area contributed by atoms with Crippen molar-refractivity contribution >= 4 is 17.3 Å². The van der Waals surface area contributed by atoms with E-state index in [1.807, 2.05) is 0 Å². The van der Waals surface area contributed by atoms with Crippen molar-refractivity contribution in [2.75, 3.05) is 5.73 Å². The number of aromatic nitrogens is 2. The second-order valence-corrected chi connectivity index (χ2v) is 3.69. The number of rotatable bonds is 1. The summed E-state index contributed by atoms with van der Waals surface area (Å²) in [7, 11) is 1.61. The predicted molar refractivity (Wildman–Crippen MR) is 58.0 cm³/mol. The minimum absolute atomic E-state index is 0.129. The number of nitrogen functional groups attached to an aromatic ring is 1. The molecule has 0 aliphatic heterocycles. The quantitative estimate of drug-likeness (QED) is 0.783. The van der Waals surface area contributed by atoms with E-state index in [2.05, 4.69) is 5.10 Å². The summed E-state index contributed by atoms with van der Waals surface area (Å²) in [5.41, 5.74) is 5.24. The van der Waals surface area contributed by atoms with Crippen LogP contribution in [0.3, 0.4) is 0 Å². The van der Waals surface area contributed by atoms with E-state index in [4.69, 9.17) is 17.3 Å². The summed E-state index contributed by atoms with van der Waals surface area (Å²) in [6.45, 7) is 0. The summed E-state index contributed by atoms with van der Waals surface area (Å²) >= 11 is 5.86. The Balaban J connectivity index is 2.71. The highest BCUT2D eigenvalue weighted by Crippen LogP contribution is 2.32. The molecule has 0 fully saturated rings. The Kier molecular flexibility index (Phi) is 2.55. The number of nitrogens with two attached hydrogens (primary N) is 1. The third kappa shape index (κ3) is 1.53. The van der Waals surface area contributed by atoms with E-state index < -0.39 is 17.3 Å². The van der Waals surface area contributed by atoms with E-state index in [0.717, 1.165) is 6.07 Å². The molecule has 16 heavy (non-hydrogen) atoms. The Morgan fingerprint density at radius 3 is 2.62 bits per heavy atom. The van der Waals surface area contributed by atoms with Crippen LogP contribution >= 0.6 is 11.6 Å². The van der Waals surface area contributed by atoms with Crippen LogP contribution in [-0.4, -0.2) is 9.78 Å². The van der Waals surface area contributed by atoms with Crippen LogP contribution < -0.4 is 5.73 Å². The molecule has 0 radical (unpaired) electrons. The molecule has 1 aromatic heterocycles. The van der Waals surface area contributed by atoms with Crippen molar-refractivity contribution in [1.82, 2.24) is 9.78 Å². The summed E-state index contributed by atoms with van der Waals surface area (Å²) in [6, 6.07) is 2.38. The molecule has 0 unspecified atom stereocenters. The van der Waals surface area contributed by atoms with Crippen LogP contribution in [0.5, 0.6) is 0 Å². The second kappa shape index (κ2) is 3.75. The van der Waals surface area contributed by atoms with Crippen LogP contribution in [0.2, 0.25) is 5.02 Å². The lowest BCUT2D eigenvalue weighted by Gasteiger charge is -2.07. The maximum Gasteiger partial charge on any atom is 0.158 e. The van der Waals surface area contributed by atoms with Crippen LogP contribution in [0.15, 0.2) is 18.3 Å². The van der Waals surface area contributed by atoms with E-state index in [1.54, 1.807) is 7.05 Å². The number of hydrogen-bond acceptors (Lipinski definition) is 2. The van der Waals surface area contributed by atoms with Crippen molar-refractivity contribution in [3.8, 4) is 11.3 Å². The zero-order chi connectivity index (χ0) is 11.9. The molecular weight excluding hydrogens is 236 g/mol. The van der Waals surface area contributed by atoms with Crippen LogP contribution in [-0.2, 0) is 7.05 Å². The Hall–Kier alpha value is -1.62. The van der Waals surface area contributed by atoms with Gasteiger partial charge in [-0.05, 0) is 12.1 Å². The van der Waals surface area contributed by atoms with E-state index in [0.29, 0.717) is 5.69 Å². The van der Waals surface area contributed by atoms with Gasteiger partial charge in [0.15, 0.2) is 5.82 Å². The van der Waals surface area contributed by atoms with Crippen molar-refractivity contribution < 1.29 is 8.78 Å². The molecule has 0 atom stereocenters. The Labute approximate surface area is 95.4 Å². The molecule has 0 saturated carbocycles. The standard InChI is InChI=1S/C10H8ClF2N3/c1-16-10(6(11)4-15-16)5-2-3-7(12)9(14)8(5)13/h2-4H,14H2,1H3. The van der Waals surface area contributed by atoms with Gasteiger partial charge in [0.25, 0.3) is 0 Å². The summed E-state index contributed by atoms with van der Waals surface area (Å²) in [4.78, 5) is 0. The van der Waals surface area contributed by atoms with Crippen molar-refractivity contribution in [2.24, 2.45) is 7.05 Å². The van der Waals surface area contributed by atoms with Gasteiger partial charge in [-0.1, -0.05) is 11.6 Å². The van der Waals surface area contributed by atoms with Crippen LogP contribution in [0, 0.1) is 11.6 Å². The molecule has 1 aromatic carbocycles. The molecule has 2 rings (SSSR count). The molecule has 6 heteroatoms. The fourth-order valence-electron chi connectivity index (χ4n) is 1.47. The first-order valence-corrected chi connectivity index (χ1v) is 4.81. The van der Waals surface area contributed by atoms with Crippen molar-refractivity contribution in [3.63, 3.8) is 0 Å². The van der Waals surface area contributed by atoms with Gasteiger partial charge in [-0.2, -0.15) is 5.10 Å². The van der Waals surface area contributed by atoms with Gasteiger partial charge in [0.1, 0.15) is 11.5 Å². The topological polar surface area (TPSA) is 43.8 Å². The molecule has 0 bridgehead atoms. The third-order valence-electron chi connectivity index (χ3n) is 2.28. The number of nitrogens with zero attached hydrogens (tertiary/aromatic N) is 2. The predicted octanol–water partition coefficient (Wildman–Crippen LogP) is 2.60. The van der Waals surface area contributed by atoms with Crippen LogP contribution in [0.25, 0.3) is 11.3 Å². The molecule has 0 aliphatic rings. The van der Waals surface area contributed by atoms with Gasteiger partial charge in [-0.15, -0.1) is 0 Å². The monoisotopic (exact) mass is 243 g/mol. The van der Waals surface area contributed by atoms with Gasteiger partial charge < -0.3 is 5.73 Å². The Morgan fingerprint density at radius 1 is 1.38 bits per heavy atom. The minimum Gasteiger partial charge on any atom is -0.394 e. The van der Waals surface area contributed by atoms with E-state index in [9.17, 15) is 8.78 Å². The highest BCUT2D eigenvalue weighted by atomic mass is 35.5. The zero-order valence-electron chi connectivity index (χ0n) is 8.34. The number of aryl methyl sites for hydroxylation is 1. The van der Waals surface area contributed by atoms with Gasteiger partial charge in [-0.3, -0.25) is 4.68 Å². The van der Waals surface area contributed by atoms with Crippen LogP contribution in [0.4, 0.5) is 14.5 Å². The van der Waals surface area contributed by atoms with Gasteiger partial charge >= 0.3 is 0 Å². The van der Waals surface area contributed by atoms with Crippen molar-refractivity contribution in [3.05, 3.63) is 35.0 Å². The lowest BCUT2D eigenvalue weighted by atomic mass is 10.1. The SMILES string of the molecule is Cn1ncc(Cl)c1-c1ccc(F)c(N)c1F.